The van der Waals surface area contributed by atoms with Gasteiger partial charge in [0.1, 0.15) is 11.6 Å². The molecule has 1 rings (SSSR count). The maximum absolute atomic E-state index is 11.6. The van der Waals surface area contributed by atoms with Crippen LogP contribution in [0.1, 0.15) is 5.56 Å². The number of nitrogens with one attached hydrogen (secondary N) is 1. The molecule has 0 saturated carbocycles. The van der Waals surface area contributed by atoms with Crippen LogP contribution in [0.4, 0.5) is 13.2 Å². The summed E-state index contributed by atoms with van der Waals surface area (Å²) < 4.78 is 38.4. The van der Waals surface area contributed by atoms with E-state index < -0.39 is 17.7 Å². The third-order valence-corrected chi connectivity index (χ3v) is 1.23. The lowest BCUT2D eigenvalue weighted by Crippen LogP contribution is -2.19. The first kappa shape index (κ1) is 10.1. The molecule has 0 aliphatic carbocycles. The minimum Gasteiger partial charge on any atom is -0.390 e. The fourth-order valence-corrected chi connectivity index (χ4v) is 0.724. The van der Waals surface area contributed by atoms with E-state index in [1.807, 2.05) is 4.98 Å². The van der Waals surface area contributed by atoms with Gasteiger partial charge in [-0.25, -0.2) is 0 Å². The molecule has 0 fully saturated rings. The summed E-state index contributed by atoms with van der Waals surface area (Å²) in [5.74, 6) is -0.749. The number of alkyl halides is 3. The van der Waals surface area contributed by atoms with Crippen molar-refractivity contribution in [1.29, 1.82) is 5.26 Å². The van der Waals surface area contributed by atoms with E-state index in [1.165, 1.54) is 6.07 Å². The van der Waals surface area contributed by atoms with E-state index >= 15 is 0 Å². The molecular formula is C7H3F3N2O2. The fraction of sp³-hybridized carbons (Fsp3) is 0.143. The normalized spacial score (nSPS) is 10.7. The second-order valence-corrected chi connectivity index (χ2v) is 2.23. The first-order chi connectivity index (χ1) is 6.42. The Labute approximate surface area is 75.5 Å². The zero-order valence-corrected chi connectivity index (χ0v) is 6.55. The molecule has 1 heterocycles. The lowest BCUT2D eigenvalue weighted by Gasteiger charge is -2.07. The Balaban J connectivity index is 3.00. The molecule has 0 amide bonds. The predicted octanol–water partition coefficient (Wildman–Crippen LogP) is 1.15. The van der Waals surface area contributed by atoms with Crippen molar-refractivity contribution in [2.24, 2.45) is 0 Å². The van der Waals surface area contributed by atoms with Gasteiger partial charge in [-0.05, 0) is 0 Å². The molecule has 0 aliphatic heterocycles. The van der Waals surface area contributed by atoms with Gasteiger partial charge in [-0.3, -0.25) is 4.79 Å². The maximum atomic E-state index is 11.6. The molecule has 0 spiro atoms. The standard InChI is InChI=1S/C7H3F3N2O2/c8-7(9,10)14-6-1-5(13)4(2-11)3-12-6/h1,3H,(H,12,13). The molecule has 0 unspecified atom stereocenters. The molecular weight excluding hydrogens is 201 g/mol. The zero-order chi connectivity index (χ0) is 10.8. The van der Waals surface area contributed by atoms with Crippen molar-refractivity contribution >= 4 is 0 Å². The molecule has 1 N–H and O–H groups in total. The van der Waals surface area contributed by atoms with Crippen molar-refractivity contribution < 1.29 is 17.9 Å². The van der Waals surface area contributed by atoms with Crippen LogP contribution in [0.15, 0.2) is 17.1 Å². The van der Waals surface area contributed by atoms with Gasteiger partial charge in [0.25, 0.3) is 0 Å². The number of ether oxygens (including phenoxy) is 1. The average Bonchev–Trinajstić information content (AvgIpc) is 2.01. The van der Waals surface area contributed by atoms with Gasteiger partial charge in [-0.15, -0.1) is 13.2 Å². The number of nitrogens with zero attached hydrogens (tertiary/aromatic N) is 1. The minimum absolute atomic E-state index is 0.278. The molecule has 0 aliphatic rings. The number of pyridine rings is 1. The van der Waals surface area contributed by atoms with Crippen molar-refractivity contribution in [2.45, 2.75) is 6.36 Å². The molecule has 4 nitrogen and oxygen atoms in total. The van der Waals surface area contributed by atoms with Crippen LogP contribution >= 0.6 is 0 Å². The van der Waals surface area contributed by atoms with E-state index in [4.69, 9.17) is 5.26 Å². The van der Waals surface area contributed by atoms with Gasteiger partial charge >= 0.3 is 6.36 Å². The number of halogens is 3. The minimum atomic E-state index is -4.86. The van der Waals surface area contributed by atoms with Crippen LogP contribution < -0.4 is 10.2 Å². The smallest absolute Gasteiger partial charge is 0.390 e. The van der Waals surface area contributed by atoms with Crippen LogP contribution in [-0.2, 0) is 0 Å². The van der Waals surface area contributed by atoms with Crippen LogP contribution in [0.2, 0.25) is 0 Å². The molecule has 1 aromatic heterocycles. The Morgan fingerprint density at radius 2 is 2.14 bits per heavy atom. The topological polar surface area (TPSA) is 65.9 Å². The molecule has 0 radical (unpaired) electrons. The van der Waals surface area contributed by atoms with E-state index in [2.05, 4.69) is 4.74 Å². The van der Waals surface area contributed by atoms with E-state index in [0.717, 1.165) is 6.20 Å². The molecule has 0 atom stereocenters. The fourth-order valence-electron chi connectivity index (χ4n) is 0.724. The van der Waals surface area contributed by atoms with E-state index in [0.29, 0.717) is 6.07 Å². The lowest BCUT2D eigenvalue weighted by atomic mass is 10.3. The first-order valence-electron chi connectivity index (χ1n) is 3.31. The number of aromatic amines is 1. The highest BCUT2D eigenvalue weighted by Crippen LogP contribution is 2.18. The summed E-state index contributed by atoms with van der Waals surface area (Å²) >= 11 is 0. The second kappa shape index (κ2) is 3.41. The first-order valence-corrected chi connectivity index (χ1v) is 3.31. The summed E-state index contributed by atoms with van der Waals surface area (Å²) in [5.41, 5.74) is -1.11. The van der Waals surface area contributed by atoms with E-state index in [-0.39, 0.29) is 5.56 Å². The van der Waals surface area contributed by atoms with Crippen LogP contribution in [0.25, 0.3) is 0 Å². The highest BCUT2D eigenvalue weighted by molar-refractivity contribution is 5.28. The summed E-state index contributed by atoms with van der Waals surface area (Å²) in [6.07, 6.45) is -4.01. The van der Waals surface area contributed by atoms with Gasteiger partial charge in [-0.1, -0.05) is 0 Å². The van der Waals surface area contributed by atoms with Crippen molar-refractivity contribution in [3.63, 3.8) is 0 Å². The third-order valence-electron chi connectivity index (χ3n) is 1.23. The highest BCUT2D eigenvalue weighted by atomic mass is 19.4. The van der Waals surface area contributed by atoms with Crippen molar-refractivity contribution in [3.05, 3.63) is 28.0 Å². The number of nitriles is 1. The summed E-state index contributed by atoms with van der Waals surface area (Å²) in [6, 6.07) is 2.07. The van der Waals surface area contributed by atoms with Gasteiger partial charge in [0.05, 0.1) is 0 Å². The van der Waals surface area contributed by atoms with E-state index in [1.54, 1.807) is 0 Å². The summed E-state index contributed by atoms with van der Waals surface area (Å²) in [7, 11) is 0. The summed E-state index contributed by atoms with van der Waals surface area (Å²) in [4.78, 5) is 12.9. The Hall–Kier alpha value is -1.97. The highest BCUT2D eigenvalue weighted by Gasteiger charge is 2.31. The number of aromatic nitrogens is 1. The van der Waals surface area contributed by atoms with Crippen molar-refractivity contribution in [3.8, 4) is 11.9 Å². The van der Waals surface area contributed by atoms with Gasteiger partial charge in [0.15, 0.2) is 0 Å². The summed E-state index contributed by atoms with van der Waals surface area (Å²) in [6.45, 7) is 0. The van der Waals surface area contributed by atoms with Crippen LogP contribution in [0, 0.1) is 11.3 Å². The predicted molar refractivity (Wildman–Crippen MR) is 38.5 cm³/mol. The van der Waals surface area contributed by atoms with E-state index in [9.17, 15) is 18.0 Å². The summed E-state index contributed by atoms with van der Waals surface area (Å²) in [5, 5.41) is 8.31. The lowest BCUT2D eigenvalue weighted by molar-refractivity contribution is -0.276. The largest absolute Gasteiger partial charge is 0.574 e. The van der Waals surface area contributed by atoms with Gasteiger partial charge in [-0.2, -0.15) is 5.26 Å². The molecule has 1 aromatic rings. The van der Waals surface area contributed by atoms with Crippen LogP contribution in [0.3, 0.4) is 0 Å². The zero-order valence-electron chi connectivity index (χ0n) is 6.55. The van der Waals surface area contributed by atoms with Crippen molar-refractivity contribution in [2.75, 3.05) is 0 Å². The van der Waals surface area contributed by atoms with Gasteiger partial charge < -0.3 is 9.72 Å². The molecule has 74 valence electrons. The average molecular weight is 204 g/mol. The third kappa shape index (κ3) is 2.52. The quantitative estimate of drug-likeness (QED) is 0.745. The van der Waals surface area contributed by atoms with Crippen LogP contribution in [0.5, 0.6) is 5.88 Å². The number of rotatable bonds is 1. The van der Waals surface area contributed by atoms with Crippen molar-refractivity contribution in [1.82, 2.24) is 4.98 Å². The number of H-pyrrole nitrogens is 1. The number of hydrogen-bond acceptors (Lipinski definition) is 3. The molecule has 0 bridgehead atoms. The number of hydrogen-bond donors (Lipinski definition) is 1. The Morgan fingerprint density at radius 3 is 2.57 bits per heavy atom. The Bertz CT molecular complexity index is 430. The van der Waals surface area contributed by atoms with Gasteiger partial charge in [0, 0.05) is 12.3 Å². The molecule has 0 saturated heterocycles. The molecule has 7 heteroatoms. The Kier molecular flexibility index (Phi) is 2.47. The Morgan fingerprint density at radius 1 is 1.50 bits per heavy atom. The SMILES string of the molecule is N#Cc1c[nH]c(OC(F)(F)F)cc1=O. The second-order valence-electron chi connectivity index (χ2n) is 2.23. The van der Waals surface area contributed by atoms with Crippen LogP contribution in [-0.4, -0.2) is 11.3 Å². The monoisotopic (exact) mass is 204 g/mol. The maximum Gasteiger partial charge on any atom is 0.574 e. The molecule has 0 aromatic carbocycles. The molecule has 14 heavy (non-hydrogen) atoms. The van der Waals surface area contributed by atoms with Gasteiger partial charge in [0.2, 0.25) is 11.3 Å².